The molecule has 0 bridgehead atoms. The van der Waals surface area contributed by atoms with Gasteiger partial charge in [0.25, 0.3) is 0 Å². The van der Waals surface area contributed by atoms with Gasteiger partial charge in [0.1, 0.15) is 0 Å². The Hall–Kier alpha value is -0.120. The highest BCUT2D eigenvalue weighted by atomic mass is 15.2. The van der Waals surface area contributed by atoms with Crippen LogP contribution in [0.2, 0.25) is 0 Å². The molecule has 0 aromatic rings. The molecule has 0 amide bonds. The van der Waals surface area contributed by atoms with E-state index in [1.807, 2.05) is 0 Å². The first kappa shape index (κ1) is 12.3. The molecule has 3 heteroatoms. The molecule has 1 aliphatic heterocycles. The van der Waals surface area contributed by atoms with Crippen molar-refractivity contribution in [3.8, 4) is 0 Å². The van der Waals surface area contributed by atoms with Crippen molar-refractivity contribution in [2.75, 3.05) is 33.2 Å². The van der Waals surface area contributed by atoms with Crippen LogP contribution in [0.3, 0.4) is 0 Å². The summed E-state index contributed by atoms with van der Waals surface area (Å²) in [6, 6.07) is 1.33. The van der Waals surface area contributed by atoms with Gasteiger partial charge in [-0.3, -0.25) is 0 Å². The molecule has 1 aliphatic carbocycles. The summed E-state index contributed by atoms with van der Waals surface area (Å²) in [5, 5.41) is 0. The fraction of sp³-hybridized carbons (Fsp3) is 1.00. The predicted octanol–water partition coefficient (Wildman–Crippen LogP) is 1.28. The van der Waals surface area contributed by atoms with Crippen LogP contribution in [0.4, 0.5) is 0 Å². The van der Waals surface area contributed by atoms with Crippen LogP contribution in [0.25, 0.3) is 0 Å². The molecule has 1 heterocycles. The molecule has 2 aliphatic rings. The monoisotopic (exact) mass is 225 g/mol. The number of likely N-dealkylation sites (tertiary alicyclic amines) is 1. The molecule has 2 N–H and O–H groups in total. The van der Waals surface area contributed by atoms with Crippen molar-refractivity contribution in [1.82, 2.24) is 9.80 Å². The maximum atomic E-state index is 5.92. The molecule has 1 saturated heterocycles. The molecule has 2 rings (SSSR count). The maximum absolute atomic E-state index is 5.92. The number of hydrogen-bond donors (Lipinski definition) is 1. The van der Waals surface area contributed by atoms with E-state index in [1.165, 1.54) is 64.7 Å². The summed E-state index contributed by atoms with van der Waals surface area (Å²) in [5.74, 6) is 0. The summed E-state index contributed by atoms with van der Waals surface area (Å²) in [6.45, 7) is 4.89. The number of piperidine rings is 1. The third-order valence-electron chi connectivity index (χ3n) is 4.35. The van der Waals surface area contributed by atoms with Crippen LogP contribution in [0.5, 0.6) is 0 Å². The lowest BCUT2D eigenvalue weighted by Gasteiger charge is -2.32. The molecule has 0 radical (unpaired) electrons. The van der Waals surface area contributed by atoms with Gasteiger partial charge in [0, 0.05) is 25.2 Å². The lowest BCUT2D eigenvalue weighted by atomic mass is 10.1. The Morgan fingerprint density at radius 2 is 1.75 bits per heavy atom. The molecule has 16 heavy (non-hydrogen) atoms. The number of hydrogen-bond acceptors (Lipinski definition) is 3. The van der Waals surface area contributed by atoms with Gasteiger partial charge in [-0.15, -0.1) is 0 Å². The Morgan fingerprint density at radius 1 is 1.12 bits per heavy atom. The zero-order valence-corrected chi connectivity index (χ0v) is 10.7. The SMILES string of the molecule is CN(CCN1CCC(N)CC1)C1CCCC1. The Balaban J connectivity index is 1.62. The molecule has 2 fully saturated rings. The first-order valence-corrected chi connectivity index (χ1v) is 6.94. The van der Waals surface area contributed by atoms with Crippen molar-refractivity contribution >= 4 is 0 Å². The summed E-state index contributed by atoms with van der Waals surface area (Å²) < 4.78 is 0. The van der Waals surface area contributed by atoms with E-state index >= 15 is 0 Å². The average molecular weight is 225 g/mol. The van der Waals surface area contributed by atoms with Crippen LogP contribution in [0.1, 0.15) is 38.5 Å². The van der Waals surface area contributed by atoms with Gasteiger partial charge < -0.3 is 15.5 Å². The number of rotatable bonds is 4. The lowest BCUT2D eigenvalue weighted by Crippen LogP contribution is -2.43. The van der Waals surface area contributed by atoms with Gasteiger partial charge in [0.05, 0.1) is 0 Å². The van der Waals surface area contributed by atoms with Gasteiger partial charge in [0.2, 0.25) is 0 Å². The van der Waals surface area contributed by atoms with Gasteiger partial charge in [-0.1, -0.05) is 12.8 Å². The topological polar surface area (TPSA) is 32.5 Å². The van der Waals surface area contributed by atoms with E-state index in [0.29, 0.717) is 6.04 Å². The molecule has 0 aromatic carbocycles. The summed E-state index contributed by atoms with van der Waals surface area (Å²) in [6.07, 6.45) is 8.09. The van der Waals surface area contributed by atoms with Crippen molar-refractivity contribution in [3.63, 3.8) is 0 Å². The second-order valence-electron chi connectivity index (χ2n) is 5.60. The molecule has 3 nitrogen and oxygen atoms in total. The summed E-state index contributed by atoms with van der Waals surface area (Å²) in [4.78, 5) is 5.15. The fourth-order valence-electron chi connectivity index (χ4n) is 3.00. The maximum Gasteiger partial charge on any atom is 0.0109 e. The highest BCUT2D eigenvalue weighted by molar-refractivity contribution is 4.78. The van der Waals surface area contributed by atoms with Crippen LogP contribution in [0, 0.1) is 0 Å². The first-order chi connectivity index (χ1) is 7.75. The van der Waals surface area contributed by atoms with E-state index < -0.39 is 0 Å². The van der Waals surface area contributed by atoms with Crippen LogP contribution < -0.4 is 5.73 Å². The third-order valence-corrected chi connectivity index (χ3v) is 4.35. The van der Waals surface area contributed by atoms with Crippen LogP contribution >= 0.6 is 0 Å². The smallest absolute Gasteiger partial charge is 0.0109 e. The number of likely N-dealkylation sites (N-methyl/N-ethyl adjacent to an activating group) is 1. The Kier molecular flexibility index (Phi) is 4.62. The second-order valence-corrected chi connectivity index (χ2v) is 5.60. The standard InChI is InChI=1S/C13H27N3/c1-15(13-4-2-3-5-13)10-11-16-8-6-12(14)7-9-16/h12-13H,2-11,14H2,1H3. The van der Waals surface area contributed by atoms with Gasteiger partial charge in [-0.25, -0.2) is 0 Å². The van der Waals surface area contributed by atoms with Crippen molar-refractivity contribution in [2.45, 2.75) is 50.6 Å². The summed E-state index contributed by atoms with van der Waals surface area (Å²) in [7, 11) is 2.30. The first-order valence-electron chi connectivity index (χ1n) is 6.94. The Morgan fingerprint density at radius 3 is 2.38 bits per heavy atom. The minimum absolute atomic E-state index is 0.462. The highest BCUT2D eigenvalue weighted by Gasteiger charge is 2.21. The van der Waals surface area contributed by atoms with Gasteiger partial charge in [0.15, 0.2) is 0 Å². The van der Waals surface area contributed by atoms with Crippen LogP contribution in [0.15, 0.2) is 0 Å². The van der Waals surface area contributed by atoms with E-state index in [2.05, 4.69) is 16.8 Å². The van der Waals surface area contributed by atoms with E-state index in [1.54, 1.807) is 0 Å². The van der Waals surface area contributed by atoms with E-state index in [-0.39, 0.29) is 0 Å². The molecular formula is C13H27N3. The molecule has 94 valence electrons. The lowest BCUT2D eigenvalue weighted by molar-refractivity contribution is 0.165. The highest BCUT2D eigenvalue weighted by Crippen LogP contribution is 2.22. The van der Waals surface area contributed by atoms with Crippen molar-refractivity contribution in [3.05, 3.63) is 0 Å². The van der Waals surface area contributed by atoms with Crippen molar-refractivity contribution in [2.24, 2.45) is 5.73 Å². The zero-order valence-electron chi connectivity index (χ0n) is 10.7. The Labute approximate surface area is 100.0 Å². The van der Waals surface area contributed by atoms with Crippen LogP contribution in [-0.4, -0.2) is 55.1 Å². The minimum atomic E-state index is 0.462. The average Bonchev–Trinajstić information content (AvgIpc) is 2.81. The second kappa shape index (κ2) is 5.99. The third kappa shape index (κ3) is 3.44. The quantitative estimate of drug-likeness (QED) is 0.782. The summed E-state index contributed by atoms with van der Waals surface area (Å²) >= 11 is 0. The molecule has 0 aromatic heterocycles. The van der Waals surface area contributed by atoms with Gasteiger partial charge in [-0.05, 0) is 45.8 Å². The molecule has 0 unspecified atom stereocenters. The van der Waals surface area contributed by atoms with E-state index in [9.17, 15) is 0 Å². The number of nitrogens with two attached hydrogens (primary N) is 1. The van der Waals surface area contributed by atoms with Crippen molar-refractivity contribution < 1.29 is 0 Å². The zero-order chi connectivity index (χ0) is 11.4. The molecule has 1 saturated carbocycles. The van der Waals surface area contributed by atoms with Gasteiger partial charge >= 0.3 is 0 Å². The fourth-order valence-corrected chi connectivity index (χ4v) is 3.00. The molecule has 0 atom stereocenters. The molecular weight excluding hydrogens is 198 g/mol. The van der Waals surface area contributed by atoms with Crippen molar-refractivity contribution in [1.29, 1.82) is 0 Å². The van der Waals surface area contributed by atoms with Crippen LogP contribution in [-0.2, 0) is 0 Å². The van der Waals surface area contributed by atoms with E-state index in [0.717, 1.165) is 6.04 Å². The largest absolute Gasteiger partial charge is 0.328 e. The predicted molar refractivity (Wildman–Crippen MR) is 68.5 cm³/mol. The molecule has 0 spiro atoms. The summed E-state index contributed by atoms with van der Waals surface area (Å²) in [5.41, 5.74) is 5.92. The Bertz CT molecular complexity index is 193. The van der Waals surface area contributed by atoms with E-state index in [4.69, 9.17) is 5.73 Å². The number of nitrogens with zero attached hydrogens (tertiary/aromatic N) is 2. The normalized spacial score (nSPS) is 25.7. The minimum Gasteiger partial charge on any atom is -0.328 e. The van der Waals surface area contributed by atoms with Gasteiger partial charge in [-0.2, -0.15) is 0 Å².